The van der Waals surface area contributed by atoms with Crippen LogP contribution < -0.4 is 15.6 Å². The van der Waals surface area contributed by atoms with Gasteiger partial charge in [-0.15, -0.1) is 0 Å². The Morgan fingerprint density at radius 2 is 2.26 bits per heavy atom. The van der Waals surface area contributed by atoms with Crippen molar-refractivity contribution in [1.29, 1.82) is 0 Å². The zero-order valence-corrected chi connectivity index (χ0v) is 15.2. The Bertz CT molecular complexity index is 830. The van der Waals surface area contributed by atoms with Gasteiger partial charge >= 0.3 is 0 Å². The number of amides is 1. The Labute approximate surface area is 157 Å². The first-order chi connectivity index (χ1) is 13.2. The topological polar surface area (TPSA) is 91.7 Å². The van der Waals surface area contributed by atoms with Gasteiger partial charge in [0.15, 0.2) is 0 Å². The second kappa shape index (κ2) is 9.29. The number of ether oxygens (including phenoxy) is 3. The minimum Gasteiger partial charge on any atom is -0.491 e. The van der Waals surface area contributed by atoms with Gasteiger partial charge in [0, 0.05) is 31.5 Å². The lowest BCUT2D eigenvalue weighted by molar-refractivity contribution is 0.0680. The van der Waals surface area contributed by atoms with E-state index in [0.29, 0.717) is 24.7 Å². The number of rotatable bonds is 8. The standard InChI is InChI=1S/C19H23N3O5/c1-25-11-9-22-18(23)8-7-17(21-22)19(24)20-14-4-2-5-15(12-14)27-13-16-6-3-10-26-16/h2,4-5,7-8,12,16H,3,6,9-11,13H2,1H3,(H,20,24)/t16-/m0/s1. The number of hydrogen-bond donors (Lipinski definition) is 1. The van der Waals surface area contributed by atoms with Crippen molar-refractivity contribution in [3.8, 4) is 5.75 Å². The molecular formula is C19H23N3O5. The largest absolute Gasteiger partial charge is 0.491 e. The maximum Gasteiger partial charge on any atom is 0.276 e. The first-order valence-corrected chi connectivity index (χ1v) is 8.88. The lowest BCUT2D eigenvalue weighted by Crippen LogP contribution is -2.27. The highest BCUT2D eigenvalue weighted by Crippen LogP contribution is 2.20. The van der Waals surface area contributed by atoms with E-state index in [1.165, 1.54) is 23.9 Å². The molecule has 1 aliphatic heterocycles. The molecule has 8 heteroatoms. The van der Waals surface area contributed by atoms with Gasteiger partial charge < -0.3 is 19.5 Å². The number of carbonyl (C=O) groups excluding carboxylic acids is 1. The molecule has 1 atom stereocenters. The molecule has 2 heterocycles. The van der Waals surface area contributed by atoms with Crippen LogP contribution in [0.5, 0.6) is 5.75 Å². The van der Waals surface area contributed by atoms with Gasteiger partial charge in [-0.25, -0.2) is 4.68 Å². The number of anilines is 1. The van der Waals surface area contributed by atoms with Gasteiger partial charge in [0.2, 0.25) is 0 Å². The molecule has 1 aromatic carbocycles. The number of nitrogens with one attached hydrogen (secondary N) is 1. The lowest BCUT2D eigenvalue weighted by Gasteiger charge is -2.12. The zero-order valence-electron chi connectivity index (χ0n) is 15.2. The van der Waals surface area contributed by atoms with Crippen LogP contribution >= 0.6 is 0 Å². The summed E-state index contributed by atoms with van der Waals surface area (Å²) in [5.74, 6) is 0.249. The molecule has 0 saturated carbocycles. The van der Waals surface area contributed by atoms with Crippen LogP contribution in [0.4, 0.5) is 5.69 Å². The molecule has 2 aromatic rings. The molecule has 0 radical (unpaired) electrons. The summed E-state index contributed by atoms with van der Waals surface area (Å²) < 4.78 is 17.4. The smallest absolute Gasteiger partial charge is 0.276 e. The van der Waals surface area contributed by atoms with Crippen molar-refractivity contribution < 1.29 is 19.0 Å². The number of methoxy groups -OCH3 is 1. The fraction of sp³-hybridized carbons (Fsp3) is 0.421. The predicted octanol–water partition coefficient (Wildman–Crippen LogP) is 1.70. The normalized spacial score (nSPS) is 16.3. The van der Waals surface area contributed by atoms with Crippen molar-refractivity contribution in [2.24, 2.45) is 0 Å². The van der Waals surface area contributed by atoms with E-state index in [0.717, 1.165) is 19.4 Å². The van der Waals surface area contributed by atoms with E-state index in [4.69, 9.17) is 14.2 Å². The monoisotopic (exact) mass is 373 g/mol. The van der Waals surface area contributed by atoms with Crippen molar-refractivity contribution in [3.63, 3.8) is 0 Å². The Morgan fingerprint density at radius 1 is 1.37 bits per heavy atom. The van der Waals surface area contributed by atoms with Crippen LogP contribution in [-0.4, -0.2) is 48.7 Å². The van der Waals surface area contributed by atoms with E-state index in [1.54, 1.807) is 18.2 Å². The van der Waals surface area contributed by atoms with Gasteiger partial charge in [0.25, 0.3) is 11.5 Å². The quantitative estimate of drug-likeness (QED) is 0.757. The third-order valence-electron chi connectivity index (χ3n) is 4.16. The van der Waals surface area contributed by atoms with Gasteiger partial charge in [-0.2, -0.15) is 5.10 Å². The SMILES string of the molecule is COCCn1nc(C(=O)Nc2cccc(OC[C@@H]3CCCO3)c2)ccc1=O. The Balaban J connectivity index is 1.63. The Kier molecular flexibility index (Phi) is 6.56. The number of aromatic nitrogens is 2. The number of hydrogen-bond acceptors (Lipinski definition) is 6. The van der Waals surface area contributed by atoms with Crippen LogP contribution in [0, 0.1) is 0 Å². The summed E-state index contributed by atoms with van der Waals surface area (Å²) >= 11 is 0. The van der Waals surface area contributed by atoms with Crippen molar-refractivity contribution in [1.82, 2.24) is 9.78 Å². The van der Waals surface area contributed by atoms with Crippen molar-refractivity contribution in [3.05, 3.63) is 52.4 Å². The maximum absolute atomic E-state index is 12.4. The summed E-state index contributed by atoms with van der Waals surface area (Å²) in [5.41, 5.74) is 0.450. The van der Waals surface area contributed by atoms with Gasteiger partial charge in [-0.05, 0) is 31.0 Å². The highest BCUT2D eigenvalue weighted by molar-refractivity contribution is 6.02. The molecule has 1 saturated heterocycles. The second-order valence-corrected chi connectivity index (χ2v) is 6.20. The van der Waals surface area contributed by atoms with E-state index in [-0.39, 0.29) is 23.9 Å². The van der Waals surface area contributed by atoms with Crippen molar-refractivity contribution in [2.45, 2.75) is 25.5 Å². The van der Waals surface area contributed by atoms with Gasteiger partial charge in [0.1, 0.15) is 18.1 Å². The first-order valence-electron chi connectivity index (χ1n) is 8.88. The summed E-state index contributed by atoms with van der Waals surface area (Å²) in [6.07, 6.45) is 2.19. The molecular weight excluding hydrogens is 350 g/mol. The molecule has 3 rings (SSSR count). The van der Waals surface area contributed by atoms with E-state index in [1.807, 2.05) is 6.07 Å². The molecule has 8 nitrogen and oxygen atoms in total. The molecule has 1 amide bonds. The number of nitrogens with zero attached hydrogens (tertiary/aromatic N) is 2. The summed E-state index contributed by atoms with van der Waals surface area (Å²) in [6.45, 7) is 1.89. The van der Waals surface area contributed by atoms with Crippen LogP contribution in [-0.2, 0) is 16.0 Å². The minimum absolute atomic E-state index is 0.126. The average Bonchev–Trinajstić information content (AvgIpc) is 3.19. The van der Waals surface area contributed by atoms with E-state index in [2.05, 4.69) is 10.4 Å². The average molecular weight is 373 g/mol. The molecule has 1 aliphatic rings. The summed E-state index contributed by atoms with van der Waals surface area (Å²) in [4.78, 5) is 24.2. The molecule has 0 bridgehead atoms. The van der Waals surface area contributed by atoms with Gasteiger partial charge in [0.05, 0.1) is 19.3 Å². The number of benzene rings is 1. The first kappa shape index (κ1) is 19.1. The highest BCUT2D eigenvalue weighted by atomic mass is 16.5. The zero-order chi connectivity index (χ0) is 19.1. The van der Waals surface area contributed by atoms with Crippen LogP contribution in [0.15, 0.2) is 41.2 Å². The molecule has 0 spiro atoms. The Hall–Kier alpha value is -2.71. The molecule has 1 aromatic heterocycles. The highest BCUT2D eigenvalue weighted by Gasteiger charge is 2.16. The molecule has 1 N–H and O–H groups in total. The molecule has 0 unspecified atom stereocenters. The maximum atomic E-state index is 12.4. The molecule has 1 fully saturated rings. The van der Waals surface area contributed by atoms with E-state index in [9.17, 15) is 9.59 Å². The fourth-order valence-corrected chi connectivity index (χ4v) is 2.73. The minimum atomic E-state index is -0.405. The van der Waals surface area contributed by atoms with Crippen LogP contribution in [0.1, 0.15) is 23.3 Å². The third kappa shape index (κ3) is 5.38. The van der Waals surface area contributed by atoms with E-state index >= 15 is 0 Å². The van der Waals surface area contributed by atoms with Crippen LogP contribution in [0.2, 0.25) is 0 Å². The Morgan fingerprint density at radius 3 is 3.04 bits per heavy atom. The number of carbonyl (C=O) groups is 1. The second-order valence-electron chi connectivity index (χ2n) is 6.20. The van der Waals surface area contributed by atoms with Crippen LogP contribution in [0.3, 0.4) is 0 Å². The van der Waals surface area contributed by atoms with Gasteiger partial charge in [-0.3, -0.25) is 9.59 Å². The predicted molar refractivity (Wildman–Crippen MR) is 99.2 cm³/mol. The fourth-order valence-electron chi connectivity index (χ4n) is 2.73. The molecule has 0 aliphatic carbocycles. The summed E-state index contributed by atoms with van der Waals surface area (Å²) in [5, 5.41) is 6.85. The van der Waals surface area contributed by atoms with E-state index < -0.39 is 5.91 Å². The lowest BCUT2D eigenvalue weighted by atomic mass is 10.2. The molecule has 144 valence electrons. The van der Waals surface area contributed by atoms with Crippen molar-refractivity contribution in [2.75, 3.05) is 32.2 Å². The summed E-state index contributed by atoms with van der Waals surface area (Å²) in [6, 6.07) is 9.85. The molecule has 27 heavy (non-hydrogen) atoms. The summed E-state index contributed by atoms with van der Waals surface area (Å²) in [7, 11) is 1.54. The van der Waals surface area contributed by atoms with Gasteiger partial charge in [-0.1, -0.05) is 6.07 Å². The third-order valence-corrected chi connectivity index (χ3v) is 4.16. The van der Waals surface area contributed by atoms with Crippen LogP contribution in [0.25, 0.3) is 0 Å². The van der Waals surface area contributed by atoms with Crippen molar-refractivity contribution >= 4 is 11.6 Å².